The van der Waals surface area contributed by atoms with Crippen molar-refractivity contribution < 1.29 is 18.8 Å². The van der Waals surface area contributed by atoms with E-state index in [0.29, 0.717) is 44.3 Å². The molecule has 0 saturated carbocycles. The second kappa shape index (κ2) is 8.80. The van der Waals surface area contributed by atoms with Gasteiger partial charge in [-0.2, -0.15) is 4.98 Å². The summed E-state index contributed by atoms with van der Waals surface area (Å²) in [5.74, 6) is 2.31. The summed E-state index contributed by atoms with van der Waals surface area (Å²) in [5, 5.41) is 4.04. The van der Waals surface area contributed by atoms with Gasteiger partial charge in [0.2, 0.25) is 11.8 Å². The molecule has 7 nitrogen and oxygen atoms in total. The quantitative estimate of drug-likeness (QED) is 0.720. The maximum absolute atomic E-state index is 12.0. The SMILES string of the molecule is COCCC(=O)N1CCC(c2nc(CCOc3cccc(C)c3)no2)C1. The molecular weight excluding hydrogens is 334 g/mol. The summed E-state index contributed by atoms with van der Waals surface area (Å²) < 4.78 is 16.1. The van der Waals surface area contributed by atoms with E-state index in [1.54, 1.807) is 7.11 Å². The molecular formula is C19H25N3O4. The number of hydrogen-bond donors (Lipinski definition) is 0. The molecule has 0 radical (unpaired) electrons. The summed E-state index contributed by atoms with van der Waals surface area (Å²) in [6.07, 6.45) is 1.84. The number of aromatic nitrogens is 2. The van der Waals surface area contributed by atoms with Crippen LogP contribution in [0.2, 0.25) is 0 Å². The summed E-state index contributed by atoms with van der Waals surface area (Å²) in [6.45, 7) is 4.33. The predicted octanol–water partition coefficient (Wildman–Crippen LogP) is 2.35. The highest BCUT2D eigenvalue weighted by atomic mass is 16.5. The second-order valence-corrected chi connectivity index (χ2v) is 6.53. The Labute approximate surface area is 153 Å². The minimum absolute atomic E-state index is 0.112. The summed E-state index contributed by atoms with van der Waals surface area (Å²) in [6, 6.07) is 7.93. The van der Waals surface area contributed by atoms with Crippen LogP contribution in [0.4, 0.5) is 0 Å². The normalized spacial score (nSPS) is 16.8. The van der Waals surface area contributed by atoms with Crippen molar-refractivity contribution in [1.82, 2.24) is 15.0 Å². The average molecular weight is 359 g/mol. The first kappa shape index (κ1) is 18.4. The van der Waals surface area contributed by atoms with E-state index in [1.165, 1.54) is 0 Å². The largest absolute Gasteiger partial charge is 0.493 e. The Bertz CT molecular complexity index is 731. The van der Waals surface area contributed by atoms with Gasteiger partial charge in [0.05, 0.1) is 25.6 Å². The minimum atomic E-state index is 0.112. The van der Waals surface area contributed by atoms with Crippen molar-refractivity contribution in [2.45, 2.75) is 32.1 Å². The van der Waals surface area contributed by atoms with Crippen molar-refractivity contribution in [2.24, 2.45) is 0 Å². The lowest BCUT2D eigenvalue weighted by atomic mass is 10.1. The third-order valence-corrected chi connectivity index (χ3v) is 4.48. The predicted molar refractivity (Wildman–Crippen MR) is 95.1 cm³/mol. The molecule has 1 amide bonds. The number of rotatable bonds is 8. The summed E-state index contributed by atoms with van der Waals surface area (Å²) in [7, 11) is 1.60. The Morgan fingerprint density at radius 1 is 1.38 bits per heavy atom. The molecule has 26 heavy (non-hydrogen) atoms. The van der Waals surface area contributed by atoms with Crippen LogP contribution in [0, 0.1) is 6.92 Å². The molecule has 1 aliphatic heterocycles. The molecule has 1 saturated heterocycles. The fourth-order valence-electron chi connectivity index (χ4n) is 3.04. The van der Waals surface area contributed by atoms with Crippen LogP contribution in [0.25, 0.3) is 0 Å². The van der Waals surface area contributed by atoms with Gasteiger partial charge in [0.1, 0.15) is 5.75 Å². The van der Waals surface area contributed by atoms with Crippen molar-refractivity contribution in [1.29, 1.82) is 0 Å². The van der Waals surface area contributed by atoms with Crippen LogP contribution in [0.1, 0.15) is 36.0 Å². The lowest BCUT2D eigenvalue weighted by Gasteiger charge is -2.15. The molecule has 140 valence electrons. The Kier molecular flexibility index (Phi) is 6.22. The third-order valence-electron chi connectivity index (χ3n) is 4.48. The van der Waals surface area contributed by atoms with Crippen molar-refractivity contribution in [3.05, 3.63) is 41.5 Å². The molecule has 3 rings (SSSR count). The zero-order valence-electron chi connectivity index (χ0n) is 15.3. The van der Waals surface area contributed by atoms with Crippen LogP contribution in [0.5, 0.6) is 5.75 Å². The highest BCUT2D eigenvalue weighted by Gasteiger charge is 2.30. The molecule has 0 aliphatic carbocycles. The van der Waals surface area contributed by atoms with Crippen LogP contribution in [-0.4, -0.2) is 54.4 Å². The first-order chi connectivity index (χ1) is 12.7. The Hall–Kier alpha value is -2.41. The lowest BCUT2D eigenvalue weighted by Crippen LogP contribution is -2.29. The molecule has 0 spiro atoms. The maximum atomic E-state index is 12.0. The van der Waals surface area contributed by atoms with E-state index in [1.807, 2.05) is 36.1 Å². The van der Waals surface area contributed by atoms with E-state index in [-0.39, 0.29) is 11.8 Å². The monoisotopic (exact) mass is 359 g/mol. The van der Waals surface area contributed by atoms with Gasteiger partial charge in [0, 0.05) is 26.6 Å². The number of nitrogens with zero attached hydrogens (tertiary/aromatic N) is 3. The van der Waals surface area contributed by atoms with Crippen molar-refractivity contribution in [3.8, 4) is 5.75 Å². The van der Waals surface area contributed by atoms with E-state index in [0.717, 1.165) is 24.3 Å². The first-order valence-corrected chi connectivity index (χ1v) is 8.94. The van der Waals surface area contributed by atoms with Gasteiger partial charge < -0.3 is 18.9 Å². The number of methoxy groups -OCH3 is 1. The van der Waals surface area contributed by atoms with Crippen molar-refractivity contribution >= 4 is 5.91 Å². The number of benzene rings is 1. The molecule has 0 bridgehead atoms. The van der Waals surface area contributed by atoms with Crippen LogP contribution in [0.15, 0.2) is 28.8 Å². The van der Waals surface area contributed by atoms with Gasteiger partial charge in [0.15, 0.2) is 5.82 Å². The highest BCUT2D eigenvalue weighted by molar-refractivity contribution is 5.76. The molecule has 1 atom stereocenters. The zero-order chi connectivity index (χ0) is 18.4. The fourth-order valence-corrected chi connectivity index (χ4v) is 3.04. The van der Waals surface area contributed by atoms with E-state index in [4.69, 9.17) is 14.0 Å². The molecule has 1 aliphatic rings. The Balaban J connectivity index is 1.46. The molecule has 7 heteroatoms. The van der Waals surface area contributed by atoms with Crippen molar-refractivity contribution in [2.75, 3.05) is 33.4 Å². The molecule has 2 heterocycles. The number of amides is 1. The highest BCUT2D eigenvalue weighted by Crippen LogP contribution is 2.26. The van der Waals surface area contributed by atoms with Crippen LogP contribution < -0.4 is 4.74 Å². The number of hydrogen-bond acceptors (Lipinski definition) is 6. The van der Waals surface area contributed by atoms with E-state index < -0.39 is 0 Å². The molecule has 2 aromatic rings. The molecule has 0 N–H and O–H groups in total. The van der Waals surface area contributed by atoms with Gasteiger partial charge in [0.25, 0.3) is 0 Å². The Morgan fingerprint density at radius 3 is 3.08 bits per heavy atom. The van der Waals surface area contributed by atoms with Gasteiger partial charge in [-0.05, 0) is 31.0 Å². The van der Waals surface area contributed by atoms with E-state index in [2.05, 4.69) is 10.1 Å². The maximum Gasteiger partial charge on any atom is 0.231 e. The number of ether oxygens (including phenoxy) is 2. The van der Waals surface area contributed by atoms with Gasteiger partial charge in [-0.3, -0.25) is 4.79 Å². The summed E-state index contributed by atoms with van der Waals surface area (Å²) >= 11 is 0. The standard InChI is InChI=1S/C19H25N3O4/c1-14-4-3-5-16(12-14)25-11-7-17-20-19(26-21-17)15-6-9-22(13-15)18(23)8-10-24-2/h3-5,12,15H,6-11,13H2,1-2H3. The average Bonchev–Trinajstić information content (AvgIpc) is 3.29. The van der Waals surface area contributed by atoms with Crippen LogP contribution in [-0.2, 0) is 16.0 Å². The number of carbonyl (C=O) groups is 1. The number of carbonyl (C=O) groups excluding carboxylic acids is 1. The zero-order valence-corrected chi connectivity index (χ0v) is 15.3. The number of likely N-dealkylation sites (tertiary alicyclic amines) is 1. The Morgan fingerprint density at radius 2 is 2.27 bits per heavy atom. The van der Waals surface area contributed by atoms with Gasteiger partial charge in [-0.15, -0.1) is 0 Å². The summed E-state index contributed by atoms with van der Waals surface area (Å²) in [5.41, 5.74) is 1.16. The molecule has 1 aromatic heterocycles. The third kappa shape index (κ3) is 4.82. The minimum Gasteiger partial charge on any atom is -0.493 e. The fraction of sp³-hybridized carbons (Fsp3) is 0.526. The topological polar surface area (TPSA) is 77.7 Å². The van der Waals surface area contributed by atoms with Gasteiger partial charge in [-0.25, -0.2) is 0 Å². The van der Waals surface area contributed by atoms with Crippen LogP contribution in [0.3, 0.4) is 0 Å². The summed E-state index contributed by atoms with van der Waals surface area (Å²) in [4.78, 5) is 18.4. The van der Waals surface area contributed by atoms with E-state index in [9.17, 15) is 4.79 Å². The van der Waals surface area contributed by atoms with Crippen molar-refractivity contribution in [3.63, 3.8) is 0 Å². The molecule has 1 unspecified atom stereocenters. The first-order valence-electron chi connectivity index (χ1n) is 8.94. The van der Waals surface area contributed by atoms with E-state index >= 15 is 0 Å². The van der Waals surface area contributed by atoms with Gasteiger partial charge in [-0.1, -0.05) is 17.3 Å². The number of aryl methyl sites for hydroxylation is 1. The second-order valence-electron chi connectivity index (χ2n) is 6.53. The smallest absolute Gasteiger partial charge is 0.231 e. The van der Waals surface area contributed by atoms with Gasteiger partial charge >= 0.3 is 0 Å². The molecule has 1 aromatic carbocycles. The lowest BCUT2D eigenvalue weighted by molar-refractivity contribution is -0.131. The van der Waals surface area contributed by atoms with Crippen LogP contribution >= 0.6 is 0 Å². The molecule has 1 fully saturated rings.